The first-order valence-corrected chi connectivity index (χ1v) is 5.91. The third-order valence-electron chi connectivity index (χ3n) is 2.56. The molecule has 1 aromatic rings. The third-order valence-corrected chi connectivity index (χ3v) is 2.56. The van der Waals surface area contributed by atoms with E-state index in [0.29, 0.717) is 25.5 Å². The van der Waals surface area contributed by atoms with Crippen LogP contribution in [0.25, 0.3) is 0 Å². The second kappa shape index (κ2) is 5.41. The number of nitrogens with one attached hydrogen (secondary N) is 2. The molecule has 2 amide bonds. The van der Waals surface area contributed by atoms with E-state index in [1.165, 1.54) is 0 Å². The summed E-state index contributed by atoms with van der Waals surface area (Å²) in [5, 5.41) is 5.42. The fourth-order valence-electron chi connectivity index (χ4n) is 1.71. The van der Waals surface area contributed by atoms with Crippen molar-refractivity contribution in [2.75, 3.05) is 13.2 Å². The largest absolute Gasteiger partial charge is 0.467 e. The first-order valence-electron chi connectivity index (χ1n) is 5.91. The predicted octanol–water partition coefficient (Wildman–Crippen LogP) is 1.23. The van der Waals surface area contributed by atoms with Crippen LogP contribution in [-0.4, -0.2) is 31.1 Å². The third kappa shape index (κ3) is 3.75. The molecule has 2 heterocycles. The normalized spacial score (nSPS) is 21.8. The maximum Gasteiger partial charge on any atom is 0.315 e. The zero-order valence-electron chi connectivity index (χ0n) is 10.6. The Hall–Kier alpha value is -1.53. The molecule has 0 saturated carbocycles. The number of hydrogen-bond donors (Lipinski definition) is 2. The summed E-state index contributed by atoms with van der Waals surface area (Å²) in [4.78, 5) is 11.5. The minimum atomic E-state index is -0.559. The monoisotopic (exact) mass is 254 g/mol. The molecule has 1 aliphatic rings. The van der Waals surface area contributed by atoms with Crippen molar-refractivity contribution in [3.05, 3.63) is 24.2 Å². The topological polar surface area (TPSA) is 72.7 Å². The van der Waals surface area contributed by atoms with Crippen molar-refractivity contribution in [1.29, 1.82) is 0 Å². The van der Waals surface area contributed by atoms with Gasteiger partial charge in [0.1, 0.15) is 11.9 Å². The van der Waals surface area contributed by atoms with Gasteiger partial charge < -0.3 is 24.5 Å². The van der Waals surface area contributed by atoms with Crippen molar-refractivity contribution in [3.8, 4) is 0 Å². The Labute approximate surface area is 106 Å². The molecule has 0 radical (unpaired) electrons. The van der Waals surface area contributed by atoms with Crippen LogP contribution in [0.1, 0.15) is 19.6 Å². The van der Waals surface area contributed by atoms with Gasteiger partial charge in [0.05, 0.1) is 19.4 Å². The fourth-order valence-corrected chi connectivity index (χ4v) is 1.71. The molecule has 2 rings (SSSR count). The summed E-state index contributed by atoms with van der Waals surface area (Å²) in [6.07, 6.45) is 1.47. The highest BCUT2D eigenvalue weighted by atomic mass is 16.7. The number of hydrogen-bond acceptors (Lipinski definition) is 4. The van der Waals surface area contributed by atoms with Crippen LogP contribution < -0.4 is 10.6 Å². The predicted molar refractivity (Wildman–Crippen MR) is 63.9 cm³/mol. The first-order chi connectivity index (χ1) is 8.55. The van der Waals surface area contributed by atoms with Gasteiger partial charge in [0.25, 0.3) is 0 Å². The molecule has 0 spiro atoms. The van der Waals surface area contributed by atoms with Crippen LogP contribution in [0.3, 0.4) is 0 Å². The van der Waals surface area contributed by atoms with Gasteiger partial charge in [-0.3, -0.25) is 0 Å². The number of ether oxygens (including phenoxy) is 2. The Balaban J connectivity index is 1.63. The quantitative estimate of drug-likeness (QED) is 0.847. The van der Waals surface area contributed by atoms with Crippen LogP contribution in [0.2, 0.25) is 0 Å². The van der Waals surface area contributed by atoms with Crippen molar-refractivity contribution in [2.24, 2.45) is 0 Å². The Morgan fingerprint density at radius 3 is 2.94 bits per heavy atom. The van der Waals surface area contributed by atoms with E-state index in [4.69, 9.17) is 13.9 Å². The van der Waals surface area contributed by atoms with Crippen LogP contribution in [0.4, 0.5) is 4.79 Å². The molecule has 1 saturated heterocycles. The molecule has 0 aromatic carbocycles. The molecule has 0 aliphatic carbocycles. The zero-order valence-corrected chi connectivity index (χ0v) is 10.6. The molecule has 6 nitrogen and oxygen atoms in total. The van der Waals surface area contributed by atoms with Gasteiger partial charge in [-0.15, -0.1) is 0 Å². The molecule has 0 bridgehead atoms. The summed E-state index contributed by atoms with van der Waals surface area (Å²) in [5.41, 5.74) is 0. The molecule has 100 valence electrons. The van der Waals surface area contributed by atoms with E-state index < -0.39 is 5.79 Å². The van der Waals surface area contributed by atoms with Gasteiger partial charge in [-0.05, 0) is 26.0 Å². The molecular weight excluding hydrogens is 236 g/mol. The average Bonchev–Trinajstić information content (AvgIpc) is 2.93. The smallest absolute Gasteiger partial charge is 0.315 e. The van der Waals surface area contributed by atoms with E-state index in [9.17, 15) is 4.79 Å². The van der Waals surface area contributed by atoms with E-state index in [-0.39, 0.29) is 12.1 Å². The van der Waals surface area contributed by atoms with E-state index in [1.54, 1.807) is 18.4 Å². The first kappa shape index (κ1) is 12.9. The van der Waals surface area contributed by atoms with Gasteiger partial charge in [-0.1, -0.05) is 0 Å². The molecule has 1 aromatic heterocycles. The van der Waals surface area contributed by atoms with Crippen molar-refractivity contribution in [2.45, 2.75) is 32.3 Å². The second-order valence-electron chi connectivity index (χ2n) is 4.59. The van der Waals surface area contributed by atoms with Crippen molar-refractivity contribution < 1.29 is 18.7 Å². The van der Waals surface area contributed by atoms with Crippen LogP contribution in [0, 0.1) is 0 Å². The molecule has 1 unspecified atom stereocenters. The van der Waals surface area contributed by atoms with Crippen molar-refractivity contribution >= 4 is 6.03 Å². The lowest BCUT2D eigenvalue weighted by Crippen LogP contribution is -2.40. The maximum atomic E-state index is 11.5. The molecule has 6 heteroatoms. The number of urea groups is 1. The lowest BCUT2D eigenvalue weighted by molar-refractivity contribution is -0.137. The van der Waals surface area contributed by atoms with Gasteiger partial charge in [0, 0.05) is 6.54 Å². The summed E-state index contributed by atoms with van der Waals surface area (Å²) in [7, 11) is 0. The van der Waals surface area contributed by atoms with Gasteiger partial charge in [-0.2, -0.15) is 0 Å². The van der Waals surface area contributed by atoms with E-state index in [0.717, 1.165) is 0 Å². The summed E-state index contributed by atoms with van der Waals surface area (Å²) >= 11 is 0. The number of furan rings is 1. The Morgan fingerprint density at radius 2 is 2.33 bits per heavy atom. The summed E-state index contributed by atoms with van der Waals surface area (Å²) < 4.78 is 16.1. The highest BCUT2D eigenvalue weighted by molar-refractivity contribution is 5.73. The lowest BCUT2D eigenvalue weighted by atomic mass is 10.4. The Kier molecular flexibility index (Phi) is 3.88. The van der Waals surface area contributed by atoms with Crippen molar-refractivity contribution in [3.63, 3.8) is 0 Å². The van der Waals surface area contributed by atoms with Crippen LogP contribution >= 0.6 is 0 Å². The van der Waals surface area contributed by atoms with Gasteiger partial charge >= 0.3 is 6.03 Å². The zero-order chi connectivity index (χ0) is 13.0. The SMILES string of the molecule is CC1(C)OCC(CNC(=O)NCc2ccco2)O1. The molecule has 18 heavy (non-hydrogen) atoms. The van der Waals surface area contributed by atoms with Gasteiger partial charge in [0.15, 0.2) is 5.79 Å². The van der Waals surface area contributed by atoms with Gasteiger partial charge in [0.2, 0.25) is 0 Å². The van der Waals surface area contributed by atoms with Gasteiger partial charge in [-0.25, -0.2) is 4.79 Å². The summed E-state index contributed by atoms with van der Waals surface area (Å²) in [6, 6.07) is 3.33. The minimum absolute atomic E-state index is 0.102. The molecule has 2 N–H and O–H groups in total. The Morgan fingerprint density at radius 1 is 1.50 bits per heavy atom. The summed E-state index contributed by atoms with van der Waals surface area (Å²) in [5.74, 6) is 0.156. The molecule has 1 atom stereocenters. The number of rotatable bonds is 4. The average molecular weight is 254 g/mol. The summed E-state index contributed by atoms with van der Waals surface area (Å²) in [6.45, 7) is 4.99. The molecule has 1 fully saturated rings. The van der Waals surface area contributed by atoms with E-state index >= 15 is 0 Å². The van der Waals surface area contributed by atoms with Crippen LogP contribution in [-0.2, 0) is 16.0 Å². The second-order valence-corrected chi connectivity index (χ2v) is 4.59. The van der Waals surface area contributed by atoms with E-state index in [2.05, 4.69) is 10.6 Å². The van der Waals surface area contributed by atoms with Crippen LogP contribution in [0.5, 0.6) is 0 Å². The molecule has 1 aliphatic heterocycles. The number of amides is 2. The van der Waals surface area contributed by atoms with Crippen molar-refractivity contribution in [1.82, 2.24) is 10.6 Å². The maximum absolute atomic E-state index is 11.5. The fraction of sp³-hybridized carbons (Fsp3) is 0.583. The number of carbonyl (C=O) groups is 1. The Bertz CT molecular complexity index is 389. The highest BCUT2D eigenvalue weighted by Gasteiger charge is 2.32. The number of carbonyl (C=O) groups excluding carboxylic acids is 1. The standard InChI is InChI=1S/C12H18N2O4/c1-12(2)17-8-10(18-12)7-14-11(15)13-6-9-4-3-5-16-9/h3-5,10H,6-8H2,1-2H3,(H2,13,14,15). The lowest BCUT2D eigenvalue weighted by Gasteiger charge is -2.17. The highest BCUT2D eigenvalue weighted by Crippen LogP contribution is 2.21. The van der Waals surface area contributed by atoms with Crippen LogP contribution in [0.15, 0.2) is 22.8 Å². The van der Waals surface area contributed by atoms with E-state index in [1.807, 2.05) is 13.8 Å². The minimum Gasteiger partial charge on any atom is -0.467 e. The molecular formula is C12H18N2O4.